The molecule has 1 aromatic heterocycles. The van der Waals surface area contributed by atoms with Gasteiger partial charge in [0.15, 0.2) is 0 Å². The summed E-state index contributed by atoms with van der Waals surface area (Å²) >= 11 is 5.84. The summed E-state index contributed by atoms with van der Waals surface area (Å²) in [5, 5.41) is 7.48. The van der Waals surface area contributed by atoms with E-state index in [9.17, 15) is 4.79 Å². The first-order valence-electron chi connectivity index (χ1n) is 5.14. The number of rotatable bonds is 2. The summed E-state index contributed by atoms with van der Waals surface area (Å²) in [5.74, 6) is -0.199. The van der Waals surface area contributed by atoms with Gasteiger partial charge in [-0.2, -0.15) is 5.10 Å². The fourth-order valence-electron chi connectivity index (χ4n) is 1.58. The molecule has 0 saturated carbocycles. The van der Waals surface area contributed by atoms with Crippen LogP contribution in [0.3, 0.4) is 0 Å². The van der Waals surface area contributed by atoms with Gasteiger partial charge < -0.3 is 5.32 Å². The van der Waals surface area contributed by atoms with Crippen molar-refractivity contribution in [3.8, 4) is 0 Å². The fourth-order valence-corrected chi connectivity index (χ4v) is 1.77. The van der Waals surface area contributed by atoms with Crippen LogP contribution in [0.4, 0.5) is 5.69 Å². The van der Waals surface area contributed by atoms with Crippen molar-refractivity contribution in [2.45, 2.75) is 6.92 Å². The van der Waals surface area contributed by atoms with Gasteiger partial charge in [0, 0.05) is 17.8 Å². The Morgan fingerprint density at radius 2 is 2.18 bits per heavy atom. The fraction of sp³-hybridized carbons (Fsp3) is 0.167. The van der Waals surface area contributed by atoms with Gasteiger partial charge in [-0.15, -0.1) is 0 Å². The van der Waals surface area contributed by atoms with Crippen LogP contribution >= 0.6 is 11.6 Å². The zero-order valence-corrected chi connectivity index (χ0v) is 10.3. The second-order valence-corrected chi connectivity index (χ2v) is 4.20. The Kier molecular flexibility index (Phi) is 3.15. The smallest absolute Gasteiger partial charge is 0.273 e. The molecule has 0 fully saturated rings. The highest BCUT2D eigenvalue weighted by Gasteiger charge is 2.11. The summed E-state index contributed by atoms with van der Waals surface area (Å²) in [6, 6.07) is 8.76. The molecule has 1 amide bonds. The number of benzene rings is 1. The van der Waals surface area contributed by atoms with E-state index in [1.807, 2.05) is 6.92 Å². The third-order valence-corrected chi connectivity index (χ3v) is 2.55. The van der Waals surface area contributed by atoms with E-state index in [1.165, 1.54) is 0 Å². The largest absolute Gasteiger partial charge is 0.321 e. The molecule has 0 unspecified atom stereocenters. The number of carbonyl (C=O) groups excluding carboxylic acids is 1. The van der Waals surface area contributed by atoms with Crippen LogP contribution in [-0.2, 0) is 7.05 Å². The quantitative estimate of drug-likeness (QED) is 0.889. The Morgan fingerprint density at radius 1 is 1.41 bits per heavy atom. The number of carbonyl (C=O) groups is 1. The summed E-state index contributed by atoms with van der Waals surface area (Å²) < 4.78 is 1.55. The Labute approximate surface area is 104 Å². The SMILES string of the molecule is Cc1cc(C(=O)Nc2cccc(Cl)c2)n(C)n1. The number of nitrogens with one attached hydrogen (secondary N) is 1. The van der Waals surface area contributed by atoms with Crippen molar-refractivity contribution >= 4 is 23.2 Å². The molecule has 17 heavy (non-hydrogen) atoms. The molecule has 0 radical (unpaired) electrons. The summed E-state index contributed by atoms with van der Waals surface area (Å²) in [6.07, 6.45) is 0. The van der Waals surface area contributed by atoms with E-state index >= 15 is 0 Å². The molecule has 1 aromatic carbocycles. The molecular weight excluding hydrogens is 238 g/mol. The number of hydrogen-bond donors (Lipinski definition) is 1. The monoisotopic (exact) mass is 249 g/mol. The molecule has 2 aromatic rings. The van der Waals surface area contributed by atoms with Gasteiger partial charge >= 0.3 is 0 Å². The van der Waals surface area contributed by atoms with Gasteiger partial charge in [-0.1, -0.05) is 17.7 Å². The lowest BCUT2D eigenvalue weighted by Crippen LogP contribution is -2.15. The Balaban J connectivity index is 2.20. The van der Waals surface area contributed by atoms with E-state index in [-0.39, 0.29) is 5.91 Å². The Hall–Kier alpha value is -1.81. The van der Waals surface area contributed by atoms with Crippen LogP contribution in [0.2, 0.25) is 5.02 Å². The first-order valence-corrected chi connectivity index (χ1v) is 5.51. The van der Waals surface area contributed by atoms with Crippen LogP contribution in [0.25, 0.3) is 0 Å². The third kappa shape index (κ3) is 2.65. The summed E-state index contributed by atoms with van der Waals surface area (Å²) in [6.45, 7) is 1.84. The summed E-state index contributed by atoms with van der Waals surface area (Å²) in [5.41, 5.74) is 1.99. The number of halogens is 1. The van der Waals surface area contributed by atoms with E-state index < -0.39 is 0 Å². The highest BCUT2D eigenvalue weighted by atomic mass is 35.5. The van der Waals surface area contributed by atoms with Gasteiger partial charge in [-0.05, 0) is 31.2 Å². The number of aromatic nitrogens is 2. The van der Waals surface area contributed by atoms with Crippen LogP contribution in [0, 0.1) is 6.92 Å². The third-order valence-electron chi connectivity index (χ3n) is 2.32. The molecule has 88 valence electrons. The number of nitrogens with zero attached hydrogens (tertiary/aromatic N) is 2. The van der Waals surface area contributed by atoms with Gasteiger partial charge in [0.1, 0.15) is 5.69 Å². The van der Waals surface area contributed by atoms with Crippen molar-refractivity contribution < 1.29 is 4.79 Å². The molecule has 0 spiro atoms. The van der Waals surface area contributed by atoms with Crippen molar-refractivity contribution in [3.63, 3.8) is 0 Å². The molecule has 0 atom stereocenters. The number of amides is 1. The number of aryl methyl sites for hydroxylation is 2. The van der Waals surface area contributed by atoms with Crippen LogP contribution < -0.4 is 5.32 Å². The molecule has 0 saturated heterocycles. The van der Waals surface area contributed by atoms with E-state index in [0.29, 0.717) is 16.4 Å². The molecule has 4 nitrogen and oxygen atoms in total. The van der Waals surface area contributed by atoms with Gasteiger partial charge in [-0.25, -0.2) is 0 Å². The van der Waals surface area contributed by atoms with Crippen molar-refractivity contribution in [2.24, 2.45) is 7.05 Å². The summed E-state index contributed by atoms with van der Waals surface area (Å²) in [4.78, 5) is 11.9. The van der Waals surface area contributed by atoms with Crippen LogP contribution in [0.5, 0.6) is 0 Å². The minimum atomic E-state index is -0.199. The lowest BCUT2D eigenvalue weighted by molar-refractivity contribution is 0.101. The maximum absolute atomic E-state index is 11.9. The average Bonchev–Trinajstić information content (AvgIpc) is 2.58. The van der Waals surface area contributed by atoms with Crippen molar-refractivity contribution in [2.75, 3.05) is 5.32 Å². The molecule has 0 aliphatic rings. The zero-order chi connectivity index (χ0) is 12.4. The van der Waals surface area contributed by atoms with E-state index in [1.54, 1.807) is 42.1 Å². The van der Waals surface area contributed by atoms with Gasteiger partial charge in [-0.3, -0.25) is 9.48 Å². The minimum absolute atomic E-state index is 0.199. The standard InChI is InChI=1S/C12H12ClN3O/c1-8-6-11(16(2)15-8)12(17)14-10-5-3-4-9(13)7-10/h3-7H,1-2H3,(H,14,17). The Morgan fingerprint density at radius 3 is 2.76 bits per heavy atom. The lowest BCUT2D eigenvalue weighted by atomic mass is 10.3. The number of hydrogen-bond acceptors (Lipinski definition) is 2. The zero-order valence-electron chi connectivity index (χ0n) is 9.57. The molecule has 1 N–H and O–H groups in total. The van der Waals surface area contributed by atoms with E-state index in [4.69, 9.17) is 11.6 Å². The molecule has 2 rings (SSSR count). The van der Waals surface area contributed by atoms with Crippen molar-refractivity contribution in [3.05, 3.63) is 46.7 Å². The molecule has 1 heterocycles. The summed E-state index contributed by atoms with van der Waals surface area (Å²) in [7, 11) is 1.74. The van der Waals surface area contributed by atoms with Gasteiger partial charge in [0.25, 0.3) is 5.91 Å². The topological polar surface area (TPSA) is 46.9 Å². The van der Waals surface area contributed by atoms with Gasteiger partial charge in [0.05, 0.1) is 5.69 Å². The molecular formula is C12H12ClN3O. The maximum Gasteiger partial charge on any atom is 0.273 e. The predicted octanol–water partition coefficient (Wildman–Crippen LogP) is 2.63. The van der Waals surface area contributed by atoms with Crippen LogP contribution in [0.15, 0.2) is 30.3 Å². The highest BCUT2D eigenvalue weighted by molar-refractivity contribution is 6.30. The molecule has 5 heteroatoms. The Bertz CT molecular complexity index is 563. The molecule has 0 aliphatic carbocycles. The van der Waals surface area contributed by atoms with Gasteiger partial charge in [0.2, 0.25) is 0 Å². The average molecular weight is 250 g/mol. The highest BCUT2D eigenvalue weighted by Crippen LogP contribution is 2.15. The predicted molar refractivity (Wildman–Crippen MR) is 67.4 cm³/mol. The second-order valence-electron chi connectivity index (χ2n) is 3.76. The maximum atomic E-state index is 11.9. The first kappa shape index (κ1) is 11.7. The van der Waals surface area contributed by atoms with E-state index in [2.05, 4.69) is 10.4 Å². The van der Waals surface area contributed by atoms with Crippen molar-refractivity contribution in [1.29, 1.82) is 0 Å². The second kappa shape index (κ2) is 4.59. The molecule has 0 bridgehead atoms. The normalized spacial score (nSPS) is 10.3. The van der Waals surface area contributed by atoms with Crippen LogP contribution in [-0.4, -0.2) is 15.7 Å². The number of anilines is 1. The lowest BCUT2D eigenvalue weighted by Gasteiger charge is -2.05. The first-order chi connectivity index (χ1) is 8.06. The van der Waals surface area contributed by atoms with Crippen LogP contribution in [0.1, 0.15) is 16.2 Å². The minimum Gasteiger partial charge on any atom is -0.321 e. The van der Waals surface area contributed by atoms with Crippen molar-refractivity contribution in [1.82, 2.24) is 9.78 Å². The molecule has 0 aliphatic heterocycles. The van der Waals surface area contributed by atoms with E-state index in [0.717, 1.165) is 5.69 Å².